The molecule has 0 radical (unpaired) electrons. The molecule has 0 aromatic rings. The van der Waals surface area contributed by atoms with Crippen molar-refractivity contribution in [2.45, 2.75) is 367 Å². The maximum absolute atomic E-state index is 12.9. The number of esters is 3. The molecule has 0 saturated carbocycles. The van der Waals surface area contributed by atoms with Gasteiger partial charge in [0.05, 0.1) is 0 Å². The van der Waals surface area contributed by atoms with Gasteiger partial charge >= 0.3 is 17.9 Å². The van der Waals surface area contributed by atoms with Gasteiger partial charge in [0.2, 0.25) is 0 Å². The summed E-state index contributed by atoms with van der Waals surface area (Å²) in [5, 5.41) is 0. The van der Waals surface area contributed by atoms with Crippen molar-refractivity contribution in [3.05, 3.63) is 0 Å². The highest BCUT2D eigenvalue weighted by molar-refractivity contribution is 5.71. The van der Waals surface area contributed by atoms with Gasteiger partial charge in [0.1, 0.15) is 13.2 Å². The fraction of sp³-hybridized carbons (Fsp3) is 0.952. The Hall–Kier alpha value is -1.59. The molecule has 0 aliphatic carbocycles. The van der Waals surface area contributed by atoms with E-state index in [9.17, 15) is 14.4 Å². The van der Waals surface area contributed by atoms with E-state index in [1.54, 1.807) is 0 Å². The summed E-state index contributed by atoms with van der Waals surface area (Å²) in [6.07, 6.45) is 65.3. The molecule has 0 spiro atoms. The van der Waals surface area contributed by atoms with Crippen molar-refractivity contribution in [3.8, 4) is 0 Å². The molecule has 0 amide bonds. The van der Waals surface area contributed by atoms with Gasteiger partial charge in [-0.25, -0.2) is 0 Å². The number of unbranched alkanes of at least 4 members (excludes halogenated alkanes) is 47. The van der Waals surface area contributed by atoms with Crippen LogP contribution < -0.4 is 0 Å². The summed E-state index contributed by atoms with van der Waals surface area (Å²) in [6.45, 7) is 6.73. The van der Waals surface area contributed by atoms with Crippen LogP contribution in [0.3, 0.4) is 0 Å². The van der Waals surface area contributed by atoms with Crippen molar-refractivity contribution < 1.29 is 28.6 Å². The molecule has 0 N–H and O–H groups in total. The lowest BCUT2D eigenvalue weighted by Crippen LogP contribution is -2.30. The molecule has 0 rings (SSSR count). The Labute approximate surface area is 425 Å². The zero-order valence-electron chi connectivity index (χ0n) is 46.4. The highest BCUT2D eigenvalue weighted by Crippen LogP contribution is 2.18. The fourth-order valence-corrected chi connectivity index (χ4v) is 9.68. The molecule has 0 aliphatic rings. The third-order valence-electron chi connectivity index (χ3n) is 14.4. The first kappa shape index (κ1) is 66.4. The van der Waals surface area contributed by atoms with Gasteiger partial charge in [0.15, 0.2) is 6.10 Å². The van der Waals surface area contributed by atoms with Crippen LogP contribution in [0.15, 0.2) is 0 Å². The molecule has 0 saturated heterocycles. The summed E-state index contributed by atoms with van der Waals surface area (Å²) in [5.74, 6) is -0.826. The molecule has 6 nitrogen and oxygen atoms in total. The number of rotatable bonds is 58. The monoisotopic (exact) mass is 961 g/mol. The van der Waals surface area contributed by atoms with Gasteiger partial charge in [0, 0.05) is 19.3 Å². The van der Waals surface area contributed by atoms with Gasteiger partial charge in [-0.2, -0.15) is 0 Å². The average Bonchev–Trinajstić information content (AvgIpc) is 3.34. The van der Waals surface area contributed by atoms with Gasteiger partial charge in [-0.15, -0.1) is 0 Å². The van der Waals surface area contributed by atoms with E-state index in [1.807, 2.05) is 0 Å². The Morgan fingerprint density at radius 2 is 0.397 bits per heavy atom. The largest absolute Gasteiger partial charge is 0.462 e. The molecule has 404 valence electrons. The van der Waals surface area contributed by atoms with E-state index in [-0.39, 0.29) is 31.1 Å². The van der Waals surface area contributed by atoms with E-state index in [4.69, 9.17) is 14.2 Å². The second-order valence-electron chi connectivity index (χ2n) is 21.3. The third-order valence-corrected chi connectivity index (χ3v) is 14.4. The highest BCUT2D eigenvalue weighted by Gasteiger charge is 2.19. The normalized spacial score (nSPS) is 11.9. The van der Waals surface area contributed by atoms with E-state index >= 15 is 0 Å². The predicted molar refractivity (Wildman–Crippen MR) is 294 cm³/mol. The lowest BCUT2D eigenvalue weighted by atomic mass is 10.0. The molecule has 0 aromatic carbocycles. The number of hydrogen-bond acceptors (Lipinski definition) is 6. The first-order chi connectivity index (χ1) is 33.5. The van der Waals surface area contributed by atoms with E-state index in [2.05, 4.69) is 20.8 Å². The van der Waals surface area contributed by atoms with Gasteiger partial charge in [-0.3, -0.25) is 14.4 Å². The van der Waals surface area contributed by atoms with E-state index in [0.29, 0.717) is 19.3 Å². The van der Waals surface area contributed by atoms with Crippen LogP contribution in [-0.2, 0) is 28.6 Å². The summed E-state index contributed by atoms with van der Waals surface area (Å²) >= 11 is 0. The van der Waals surface area contributed by atoms with E-state index in [0.717, 1.165) is 57.8 Å². The number of carbonyl (C=O) groups excluding carboxylic acids is 3. The van der Waals surface area contributed by atoms with Crippen LogP contribution in [-0.4, -0.2) is 37.2 Å². The Kier molecular flexibility index (Phi) is 56.6. The van der Waals surface area contributed by atoms with E-state index < -0.39 is 6.10 Å². The summed E-state index contributed by atoms with van der Waals surface area (Å²) in [7, 11) is 0. The SMILES string of the molecule is CCCCCCCCCCCCCCCCCCCCC(=O)OC[C@@H](COC(=O)CCCCCCCCCCCCCCCCC)OC(=O)CCCCCCCCCCCCCCCCCCC. The lowest BCUT2D eigenvalue weighted by Gasteiger charge is -2.18. The summed E-state index contributed by atoms with van der Waals surface area (Å²) in [6, 6.07) is 0. The molecule has 0 aliphatic heterocycles. The van der Waals surface area contributed by atoms with Gasteiger partial charge in [-0.1, -0.05) is 323 Å². The molecule has 0 aromatic heterocycles. The van der Waals surface area contributed by atoms with Crippen molar-refractivity contribution >= 4 is 17.9 Å². The zero-order valence-corrected chi connectivity index (χ0v) is 46.4. The minimum Gasteiger partial charge on any atom is -0.462 e. The molecule has 68 heavy (non-hydrogen) atoms. The average molecular weight is 962 g/mol. The lowest BCUT2D eigenvalue weighted by molar-refractivity contribution is -0.167. The van der Waals surface area contributed by atoms with Crippen molar-refractivity contribution in [2.24, 2.45) is 0 Å². The van der Waals surface area contributed by atoms with Gasteiger partial charge < -0.3 is 14.2 Å². The first-order valence-corrected chi connectivity index (χ1v) is 31.0. The summed E-state index contributed by atoms with van der Waals surface area (Å²) in [5.41, 5.74) is 0. The molecule has 1 atom stereocenters. The maximum Gasteiger partial charge on any atom is 0.306 e. The van der Waals surface area contributed by atoms with Gasteiger partial charge in [0.25, 0.3) is 0 Å². The van der Waals surface area contributed by atoms with E-state index in [1.165, 1.54) is 263 Å². The Morgan fingerprint density at radius 1 is 0.235 bits per heavy atom. The van der Waals surface area contributed by atoms with Crippen LogP contribution in [0.4, 0.5) is 0 Å². The topological polar surface area (TPSA) is 78.9 Å². The Morgan fingerprint density at radius 3 is 0.588 bits per heavy atom. The zero-order chi connectivity index (χ0) is 49.3. The van der Waals surface area contributed by atoms with Crippen molar-refractivity contribution in [3.63, 3.8) is 0 Å². The van der Waals surface area contributed by atoms with Crippen LogP contribution in [0.1, 0.15) is 361 Å². The van der Waals surface area contributed by atoms with Crippen LogP contribution in [0, 0.1) is 0 Å². The molecule has 0 heterocycles. The second kappa shape index (κ2) is 58.0. The number of carbonyl (C=O) groups is 3. The molecule has 0 unspecified atom stereocenters. The molecule has 0 fully saturated rings. The maximum atomic E-state index is 12.9. The number of ether oxygens (including phenoxy) is 3. The standard InChI is InChI=1S/C62H120O6/c1-4-7-10-13-16-19-22-25-28-30-32-34-37-40-43-46-49-52-55-61(64)67-58-59(57-66-60(63)54-51-48-45-42-39-36-33-27-24-21-18-15-12-9-6-3)68-62(65)56-53-50-47-44-41-38-35-31-29-26-23-20-17-14-11-8-5-2/h59H,4-58H2,1-3H3/t59-/m1/s1. The van der Waals surface area contributed by atoms with Crippen molar-refractivity contribution in [1.82, 2.24) is 0 Å². The minimum atomic E-state index is -0.762. The highest BCUT2D eigenvalue weighted by atomic mass is 16.6. The van der Waals surface area contributed by atoms with Crippen LogP contribution in [0.25, 0.3) is 0 Å². The van der Waals surface area contributed by atoms with Crippen LogP contribution >= 0.6 is 0 Å². The first-order valence-electron chi connectivity index (χ1n) is 31.0. The molecular formula is C62H120O6. The molecular weight excluding hydrogens is 841 g/mol. The summed E-state index contributed by atoms with van der Waals surface area (Å²) in [4.78, 5) is 38.2. The fourth-order valence-electron chi connectivity index (χ4n) is 9.68. The predicted octanol–water partition coefficient (Wildman–Crippen LogP) is 20.7. The van der Waals surface area contributed by atoms with Crippen molar-refractivity contribution in [2.75, 3.05) is 13.2 Å². The number of hydrogen-bond donors (Lipinski definition) is 0. The second-order valence-corrected chi connectivity index (χ2v) is 21.3. The van der Waals surface area contributed by atoms with Gasteiger partial charge in [-0.05, 0) is 19.3 Å². The van der Waals surface area contributed by atoms with Crippen LogP contribution in [0.5, 0.6) is 0 Å². The Balaban J connectivity index is 4.28. The van der Waals surface area contributed by atoms with Crippen LogP contribution in [0.2, 0.25) is 0 Å². The molecule has 6 heteroatoms. The third kappa shape index (κ3) is 55.3. The minimum absolute atomic E-state index is 0.0606. The van der Waals surface area contributed by atoms with Crippen molar-refractivity contribution in [1.29, 1.82) is 0 Å². The molecule has 0 bridgehead atoms. The smallest absolute Gasteiger partial charge is 0.306 e. The summed E-state index contributed by atoms with van der Waals surface area (Å²) < 4.78 is 16.9. The quantitative estimate of drug-likeness (QED) is 0.0343. The Bertz CT molecular complexity index is 1010.